The van der Waals surface area contributed by atoms with Crippen LogP contribution in [-0.4, -0.2) is 21.9 Å². The first-order chi connectivity index (χ1) is 5.36. The highest BCUT2D eigenvalue weighted by Gasteiger charge is 2.03. The Bertz CT molecular complexity index is 189. The Labute approximate surface area is 65.2 Å². The van der Waals surface area contributed by atoms with Gasteiger partial charge in [0.15, 0.2) is 5.82 Å². The molecule has 4 heteroatoms. The third-order valence-electron chi connectivity index (χ3n) is 1.31. The number of aliphatic hydroxyl groups is 1. The van der Waals surface area contributed by atoms with Gasteiger partial charge in [0.05, 0.1) is 13.0 Å². The fourth-order valence-electron chi connectivity index (χ4n) is 0.812. The quantitative estimate of drug-likeness (QED) is 0.691. The Morgan fingerprint density at radius 2 is 2.27 bits per heavy atom. The predicted octanol–water partition coefficient (Wildman–Crippen LogP) is 0.557. The SMILES string of the molecule is CCCc1noc(CCO)n1. The van der Waals surface area contributed by atoms with Gasteiger partial charge in [-0.05, 0) is 6.42 Å². The molecule has 0 aliphatic rings. The lowest BCUT2D eigenvalue weighted by atomic mass is 10.3. The molecule has 0 amide bonds. The van der Waals surface area contributed by atoms with Crippen LogP contribution in [-0.2, 0) is 12.8 Å². The summed E-state index contributed by atoms with van der Waals surface area (Å²) in [5, 5.41) is 12.3. The molecule has 1 heterocycles. The second-order valence-corrected chi connectivity index (χ2v) is 2.33. The summed E-state index contributed by atoms with van der Waals surface area (Å²) in [6.45, 7) is 2.12. The molecule has 0 saturated carbocycles. The van der Waals surface area contributed by atoms with Crippen molar-refractivity contribution in [2.45, 2.75) is 26.2 Å². The topological polar surface area (TPSA) is 59.2 Å². The van der Waals surface area contributed by atoms with Crippen LogP contribution in [0.25, 0.3) is 0 Å². The summed E-state index contributed by atoms with van der Waals surface area (Å²) in [4.78, 5) is 4.05. The zero-order valence-corrected chi connectivity index (χ0v) is 6.58. The van der Waals surface area contributed by atoms with E-state index in [9.17, 15) is 0 Å². The largest absolute Gasteiger partial charge is 0.396 e. The third kappa shape index (κ3) is 2.31. The lowest BCUT2D eigenvalue weighted by molar-refractivity contribution is 0.274. The monoisotopic (exact) mass is 156 g/mol. The van der Waals surface area contributed by atoms with Gasteiger partial charge < -0.3 is 9.63 Å². The minimum Gasteiger partial charge on any atom is -0.396 e. The van der Waals surface area contributed by atoms with Crippen LogP contribution in [0.4, 0.5) is 0 Å². The molecule has 11 heavy (non-hydrogen) atoms. The van der Waals surface area contributed by atoms with E-state index in [0.29, 0.717) is 12.3 Å². The lowest BCUT2D eigenvalue weighted by Crippen LogP contribution is -1.91. The summed E-state index contributed by atoms with van der Waals surface area (Å²) in [6, 6.07) is 0. The Balaban J connectivity index is 2.51. The van der Waals surface area contributed by atoms with E-state index < -0.39 is 0 Å². The Morgan fingerprint density at radius 3 is 2.91 bits per heavy atom. The summed E-state index contributed by atoms with van der Waals surface area (Å²) in [5.41, 5.74) is 0. The standard InChI is InChI=1S/C7H12N2O2/c1-2-3-6-8-7(4-5-10)11-9-6/h10H,2-5H2,1H3. The molecule has 0 aliphatic heterocycles. The first-order valence-corrected chi connectivity index (χ1v) is 3.79. The number of hydrogen-bond donors (Lipinski definition) is 1. The molecule has 0 atom stereocenters. The molecule has 1 aromatic heterocycles. The van der Waals surface area contributed by atoms with Crippen molar-refractivity contribution in [3.8, 4) is 0 Å². The van der Waals surface area contributed by atoms with Crippen molar-refractivity contribution in [2.75, 3.05) is 6.61 Å². The van der Waals surface area contributed by atoms with Crippen LogP contribution in [0.1, 0.15) is 25.1 Å². The molecule has 1 N–H and O–H groups in total. The van der Waals surface area contributed by atoms with Gasteiger partial charge in [0.25, 0.3) is 0 Å². The van der Waals surface area contributed by atoms with Crippen LogP contribution >= 0.6 is 0 Å². The number of aryl methyl sites for hydroxylation is 1. The van der Waals surface area contributed by atoms with Crippen molar-refractivity contribution in [3.05, 3.63) is 11.7 Å². The van der Waals surface area contributed by atoms with E-state index in [1.807, 2.05) is 0 Å². The van der Waals surface area contributed by atoms with Crippen LogP contribution in [0.3, 0.4) is 0 Å². The molecule has 1 aromatic rings. The van der Waals surface area contributed by atoms with Crippen molar-refractivity contribution in [2.24, 2.45) is 0 Å². The molecular formula is C7H12N2O2. The number of nitrogens with zero attached hydrogens (tertiary/aromatic N) is 2. The van der Waals surface area contributed by atoms with Gasteiger partial charge in [-0.2, -0.15) is 4.98 Å². The maximum Gasteiger partial charge on any atom is 0.228 e. The smallest absolute Gasteiger partial charge is 0.228 e. The number of aliphatic hydroxyl groups excluding tert-OH is 1. The maximum absolute atomic E-state index is 8.53. The van der Waals surface area contributed by atoms with Crippen molar-refractivity contribution >= 4 is 0 Å². The van der Waals surface area contributed by atoms with Crippen molar-refractivity contribution < 1.29 is 9.63 Å². The molecule has 0 saturated heterocycles. The highest BCUT2D eigenvalue weighted by molar-refractivity contribution is 4.85. The molecule has 1 rings (SSSR count). The zero-order chi connectivity index (χ0) is 8.10. The molecule has 62 valence electrons. The fourth-order valence-corrected chi connectivity index (χ4v) is 0.812. The summed E-state index contributed by atoms with van der Waals surface area (Å²) >= 11 is 0. The van der Waals surface area contributed by atoms with Gasteiger partial charge in [0.2, 0.25) is 5.89 Å². The van der Waals surface area contributed by atoms with Crippen LogP contribution in [0.2, 0.25) is 0 Å². The molecule has 4 nitrogen and oxygen atoms in total. The van der Waals surface area contributed by atoms with Crippen LogP contribution in [0, 0.1) is 0 Å². The summed E-state index contributed by atoms with van der Waals surface area (Å²) in [7, 11) is 0. The van der Waals surface area contributed by atoms with Crippen LogP contribution in [0.5, 0.6) is 0 Å². The van der Waals surface area contributed by atoms with Crippen molar-refractivity contribution in [1.29, 1.82) is 0 Å². The predicted molar refractivity (Wildman–Crippen MR) is 39.1 cm³/mol. The van der Waals surface area contributed by atoms with E-state index in [-0.39, 0.29) is 6.61 Å². The van der Waals surface area contributed by atoms with Gasteiger partial charge in [0.1, 0.15) is 0 Å². The average Bonchev–Trinajstić information content (AvgIpc) is 2.38. The Hall–Kier alpha value is -0.900. The number of hydrogen-bond acceptors (Lipinski definition) is 4. The number of aromatic nitrogens is 2. The van der Waals surface area contributed by atoms with E-state index in [1.54, 1.807) is 0 Å². The summed E-state index contributed by atoms with van der Waals surface area (Å²) < 4.78 is 4.84. The van der Waals surface area contributed by atoms with Crippen molar-refractivity contribution in [3.63, 3.8) is 0 Å². The van der Waals surface area contributed by atoms with Crippen molar-refractivity contribution in [1.82, 2.24) is 10.1 Å². The molecule has 0 aliphatic carbocycles. The average molecular weight is 156 g/mol. The minimum atomic E-state index is 0.0633. The highest BCUT2D eigenvalue weighted by atomic mass is 16.5. The van der Waals surface area contributed by atoms with E-state index >= 15 is 0 Å². The van der Waals surface area contributed by atoms with Gasteiger partial charge in [-0.25, -0.2) is 0 Å². The normalized spacial score (nSPS) is 10.4. The van der Waals surface area contributed by atoms with Gasteiger partial charge >= 0.3 is 0 Å². The molecule has 0 aromatic carbocycles. The minimum absolute atomic E-state index is 0.0633. The molecule has 0 radical (unpaired) electrons. The fraction of sp³-hybridized carbons (Fsp3) is 0.714. The summed E-state index contributed by atoms with van der Waals surface area (Å²) in [5.74, 6) is 1.26. The first-order valence-electron chi connectivity index (χ1n) is 3.79. The lowest BCUT2D eigenvalue weighted by Gasteiger charge is -1.84. The van der Waals surface area contributed by atoms with Crippen LogP contribution < -0.4 is 0 Å². The molecular weight excluding hydrogens is 144 g/mol. The maximum atomic E-state index is 8.53. The van der Waals surface area contributed by atoms with E-state index in [4.69, 9.17) is 9.63 Å². The summed E-state index contributed by atoms with van der Waals surface area (Å²) in [6.07, 6.45) is 2.31. The second kappa shape index (κ2) is 4.08. The molecule has 0 spiro atoms. The van der Waals surface area contributed by atoms with E-state index in [0.717, 1.165) is 18.7 Å². The van der Waals surface area contributed by atoms with Gasteiger partial charge in [-0.15, -0.1) is 0 Å². The Kier molecular flexibility index (Phi) is 3.04. The molecule has 0 unspecified atom stereocenters. The van der Waals surface area contributed by atoms with Gasteiger partial charge in [-0.3, -0.25) is 0 Å². The Morgan fingerprint density at radius 1 is 1.45 bits per heavy atom. The second-order valence-electron chi connectivity index (χ2n) is 2.33. The zero-order valence-electron chi connectivity index (χ0n) is 6.58. The van der Waals surface area contributed by atoms with E-state index in [1.165, 1.54) is 0 Å². The van der Waals surface area contributed by atoms with Crippen LogP contribution in [0.15, 0.2) is 4.52 Å². The third-order valence-corrected chi connectivity index (χ3v) is 1.31. The molecule has 0 fully saturated rings. The van der Waals surface area contributed by atoms with Gasteiger partial charge in [0, 0.05) is 6.42 Å². The molecule has 0 bridgehead atoms. The van der Waals surface area contributed by atoms with E-state index in [2.05, 4.69) is 17.1 Å². The number of rotatable bonds is 4. The first kappa shape index (κ1) is 8.20. The van der Waals surface area contributed by atoms with Gasteiger partial charge in [-0.1, -0.05) is 12.1 Å². The highest BCUT2D eigenvalue weighted by Crippen LogP contribution is 1.99.